The molecular formula is C17H22N4O2. The number of rotatable bonds is 5. The molecule has 122 valence electrons. The zero-order valence-electron chi connectivity index (χ0n) is 13.0. The van der Waals surface area contributed by atoms with Gasteiger partial charge in [0.2, 0.25) is 0 Å². The molecule has 0 aromatic heterocycles. The van der Waals surface area contributed by atoms with Crippen LogP contribution in [0.5, 0.6) is 0 Å². The van der Waals surface area contributed by atoms with Gasteiger partial charge in [-0.25, -0.2) is 0 Å². The molecule has 2 heterocycles. The summed E-state index contributed by atoms with van der Waals surface area (Å²) in [6, 6.07) is 8.41. The van der Waals surface area contributed by atoms with Crippen molar-refractivity contribution in [2.24, 2.45) is 4.99 Å². The zero-order chi connectivity index (χ0) is 16.1. The predicted octanol–water partition coefficient (Wildman–Crippen LogP) is 0.0372. The summed E-state index contributed by atoms with van der Waals surface area (Å²) in [5.74, 6) is -0.245. The van der Waals surface area contributed by atoms with Gasteiger partial charge in [-0.15, -0.1) is 0 Å². The number of carbonyl (C=O) groups excluding carboxylic acids is 1. The molecule has 0 radical (unpaired) electrons. The summed E-state index contributed by atoms with van der Waals surface area (Å²) in [7, 11) is 0. The molecule has 6 nitrogen and oxygen atoms in total. The lowest BCUT2D eigenvalue weighted by Gasteiger charge is -2.30. The highest BCUT2D eigenvalue weighted by Crippen LogP contribution is 2.18. The molecule has 6 heteroatoms. The summed E-state index contributed by atoms with van der Waals surface area (Å²) in [4.78, 5) is 18.2. The maximum absolute atomic E-state index is 11.9. The third-order valence-corrected chi connectivity index (χ3v) is 4.11. The Bertz CT molecular complexity index is 627. The van der Waals surface area contributed by atoms with Crippen molar-refractivity contribution in [3.05, 3.63) is 47.7 Å². The molecule has 2 aliphatic heterocycles. The summed E-state index contributed by atoms with van der Waals surface area (Å²) in [6.07, 6.45) is 3.75. The van der Waals surface area contributed by atoms with Gasteiger partial charge in [-0.05, 0) is 23.6 Å². The minimum absolute atomic E-state index is 0.233. The van der Waals surface area contributed by atoms with Crippen LogP contribution in [0.15, 0.2) is 41.5 Å². The quantitative estimate of drug-likeness (QED) is 0.717. The van der Waals surface area contributed by atoms with E-state index in [-0.39, 0.29) is 12.5 Å². The minimum Gasteiger partial charge on any atom is -0.390 e. The van der Waals surface area contributed by atoms with Crippen LogP contribution in [0.4, 0.5) is 0 Å². The van der Waals surface area contributed by atoms with Gasteiger partial charge < -0.3 is 15.7 Å². The van der Waals surface area contributed by atoms with Crippen LogP contribution in [0.3, 0.4) is 0 Å². The first kappa shape index (κ1) is 15.7. The SMILES string of the molecule is O=C(NCC(O)CN1CCc2ccccc2C1)C1=NCNC=C1. The van der Waals surface area contributed by atoms with Gasteiger partial charge in [-0.2, -0.15) is 0 Å². The number of carbonyl (C=O) groups is 1. The Labute approximate surface area is 135 Å². The van der Waals surface area contributed by atoms with E-state index in [1.165, 1.54) is 11.1 Å². The highest BCUT2D eigenvalue weighted by Gasteiger charge is 2.19. The van der Waals surface area contributed by atoms with Crippen LogP contribution in [-0.2, 0) is 17.8 Å². The molecule has 3 N–H and O–H groups in total. The number of β-amino-alcohol motifs (C(OH)–C–C–N with tert-alkyl or cyclic N) is 1. The number of nitrogens with zero attached hydrogens (tertiary/aromatic N) is 2. The number of benzene rings is 1. The van der Waals surface area contributed by atoms with Crippen molar-refractivity contribution < 1.29 is 9.90 Å². The fourth-order valence-electron chi connectivity index (χ4n) is 2.90. The monoisotopic (exact) mass is 314 g/mol. The van der Waals surface area contributed by atoms with E-state index in [4.69, 9.17) is 0 Å². The molecule has 0 bridgehead atoms. The first-order chi connectivity index (χ1) is 11.2. The first-order valence-electron chi connectivity index (χ1n) is 7.92. The van der Waals surface area contributed by atoms with Crippen LogP contribution in [0, 0.1) is 0 Å². The average molecular weight is 314 g/mol. The fraction of sp³-hybridized carbons (Fsp3) is 0.412. The van der Waals surface area contributed by atoms with E-state index >= 15 is 0 Å². The van der Waals surface area contributed by atoms with Gasteiger partial charge in [0.05, 0.1) is 6.10 Å². The lowest BCUT2D eigenvalue weighted by Crippen LogP contribution is -2.43. The van der Waals surface area contributed by atoms with Crippen molar-refractivity contribution in [1.29, 1.82) is 0 Å². The van der Waals surface area contributed by atoms with Crippen molar-refractivity contribution in [3.63, 3.8) is 0 Å². The second kappa shape index (κ2) is 7.39. The Morgan fingerprint density at radius 3 is 3.00 bits per heavy atom. The summed E-state index contributed by atoms with van der Waals surface area (Å²) in [5, 5.41) is 15.8. The third kappa shape index (κ3) is 4.18. The molecule has 0 aliphatic carbocycles. The van der Waals surface area contributed by atoms with E-state index in [0.29, 0.717) is 18.9 Å². The number of hydrogen-bond donors (Lipinski definition) is 3. The summed E-state index contributed by atoms with van der Waals surface area (Å²) >= 11 is 0. The van der Waals surface area contributed by atoms with Gasteiger partial charge in [0, 0.05) is 32.4 Å². The molecule has 1 amide bonds. The lowest BCUT2D eigenvalue weighted by atomic mass is 10.00. The van der Waals surface area contributed by atoms with E-state index in [1.807, 2.05) is 6.07 Å². The molecular weight excluding hydrogens is 292 g/mol. The number of fused-ring (bicyclic) bond motifs is 1. The number of amides is 1. The van der Waals surface area contributed by atoms with E-state index in [1.54, 1.807) is 12.3 Å². The van der Waals surface area contributed by atoms with E-state index in [9.17, 15) is 9.90 Å². The third-order valence-electron chi connectivity index (χ3n) is 4.11. The Kier molecular flexibility index (Phi) is 5.05. The molecule has 23 heavy (non-hydrogen) atoms. The largest absolute Gasteiger partial charge is 0.390 e. The number of aliphatic hydroxyl groups excluding tert-OH is 1. The summed E-state index contributed by atoms with van der Waals surface area (Å²) in [5.41, 5.74) is 3.11. The Balaban J connectivity index is 1.45. The summed E-state index contributed by atoms with van der Waals surface area (Å²) < 4.78 is 0. The normalized spacial score (nSPS) is 18.6. The molecule has 1 aromatic rings. The van der Waals surface area contributed by atoms with Crippen LogP contribution in [0.2, 0.25) is 0 Å². The molecule has 0 saturated carbocycles. The van der Waals surface area contributed by atoms with E-state index in [2.05, 4.69) is 38.7 Å². The molecule has 0 fully saturated rings. The number of aliphatic hydroxyl groups is 1. The van der Waals surface area contributed by atoms with Crippen molar-refractivity contribution in [3.8, 4) is 0 Å². The molecule has 0 spiro atoms. The standard InChI is InChI=1S/C17H22N4O2/c22-15(9-19-17(23)16-5-7-18-12-20-16)11-21-8-6-13-3-1-2-4-14(13)10-21/h1-5,7,15,18,22H,6,8-12H2,(H,19,23). The van der Waals surface area contributed by atoms with Gasteiger partial charge in [0.25, 0.3) is 5.91 Å². The smallest absolute Gasteiger partial charge is 0.269 e. The fourth-order valence-corrected chi connectivity index (χ4v) is 2.90. The van der Waals surface area contributed by atoms with Crippen molar-refractivity contribution in [2.75, 3.05) is 26.3 Å². The second-order valence-electron chi connectivity index (χ2n) is 5.86. The van der Waals surface area contributed by atoms with Crippen LogP contribution in [0.1, 0.15) is 11.1 Å². The summed E-state index contributed by atoms with van der Waals surface area (Å²) in [6.45, 7) is 2.98. The number of hydrogen-bond acceptors (Lipinski definition) is 5. The Morgan fingerprint density at radius 1 is 1.39 bits per heavy atom. The van der Waals surface area contributed by atoms with Crippen LogP contribution in [0.25, 0.3) is 0 Å². The van der Waals surface area contributed by atoms with Crippen molar-refractivity contribution in [2.45, 2.75) is 19.1 Å². The maximum atomic E-state index is 11.9. The van der Waals surface area contributed by atoms with Gasteiger partial charge in [-0.1, -0.05) is 24.3 Å². The maximum Gasteiger partial charge on any atom is 0.269 e. The van der Waals surface area contributed by atoms with Crippen molar-refractivity contribution >= 4 is 11.6 Å². The van der Waals surface area contributed by atoms with Crippen LogP contribution in [-0.4, -0.2) is 54.0 Å². The van der Waals surface area contributed by atoms with E-state index in [0.717, 1.165) is 19.5 Å². The van der Waals surface area contributed by atoms with E-state index < -0.39 is 6.10 Å². The van der Waals surface area contributed by atoms with Gasteiger partial charge >= 0.3 is 0 Å². The topological polar surface area (TPSA) is 77.0 Å². The molecule has 2 aliphatic rings. The van der Waals surface area contributed by atoms with Crippen LogP contribution >= 0.6 is 0 Å². The number of aliphatic imine (C=N–C) groups is 1. The molecule has 1 unspecified atom stereocenters. The van der Waals surface area contributed by atoms with Gasteiger partial charge in [0.1, 0.15) is 12.4 Å². The molecule has 3 rings (SSSR count). The Morgan fingerprint density at radius 2 is 2.22 bits per heavy atom. The highest BCUT2D eigenvalue weighted by atomic mass is 16.3. The Hall–Kier alpha value is -2.18. The van der Waals surface area contributed by atoms with Crippen molar-refractivity contribution in [1.82, 2.24) is 15.5 Å². The highest BCUT2D eigenvalue weighted by molar-refractivity contribution is 6.43. The molecule has 1 atom stereocenters. The zero-order valence-corrected chi connectivity index (χ0v) is 13.0. The first-order valence-corrected chi connectivity index (χ1v) is 7.92. The average Bonchev–Trinajstić information content (AvgIpc) is 2.60. The van der Waals surface area contributed by atoms with Gasteiger partial charge in [-0.3, -0.25) is 14.7 Å². The molecule has 1 aromatic carbocycles. The molecule has 0 saturated heterocycles. The minimum atomic E-state index is -0.587. The number of nitrogens with one attached hydrogen (secondary N) is 2. The lowest BCUT2D eigenvalue weighted by molar-refractivity contribution is -0.115. The van der Waals surface area contributed by atoms with Gasteiger partial charge in [0.15, 0.2) is 0 Å². The second-order valence-corrected chi connectivity index (χ2v) is 5.86. The predicted molar refractivity (Wildman–Crippen MR) is 89.0 cm³/mol. The van der Waals surface area contributed by atoms with Crippen LogP contribution < -0.4 is 10.6 Å².